The SMILES string of the molecule is COc1ccc(/C=N/NC(=O)c2cc(-c3ccccc3)nc(-c3ccc(C)cc3)c2)cc1. The van der Waals surface area contributed by atoms with Gasteiger partial charge in [-0.3, -0.25) is 4.79 Å². The van der Waals surface area contributed by atoms with Gasteiger partial charge in [-0.1, -0.05) is 60.2 Å². The molecule has 5 nitrogen and oxygen atoms in total. The van der Waals surface area contributed by atoms with Gasteiger partial charge in [0.15, 0.2) is 0 Å². The lowest BCUT2D eigenvalue weighted by atomic mass is 10.0. The number of pyridine rings is 1. The van der Waals surface area contributed by atoms with Crippen molar-refractivity contribution >= 4 is 12.1 Å². The van der Waals surface area contributed by atoms with E-state index in [1.165, 1.54) is 5.56 Å². The number of carbonyl (C=O) groups is 1. The molecule has 0 saturated heterocycles. The highest BCUT2D eigenvalue weighted by molar-refractivity contribution is 5.97. The zero-order chi connectivity index (χ0) is 22.3. The van der Waals surface area contributed by atoms with Gasteiger partial charge < -0.3 is 4.74 Å². The maximum absolute atomic E-state index is 12.9. The Morgan fingerprint density at radius 2 is 1.50 bits per heavy atom. The van der Waals surface area contributed by atoms with Crippen molar-refractivity contribution in [2.24, 2.45) is 5.10 Å². The van der Waals surface area contributed by atoms with Crippen LogP contribution in [0.3, 0.4) is 0 Å². The average molecular weight is 422 g/mol. The van der Waals surface area contributed by atoms with Crippen LogP contribution in [0.2, 0.25) is 0 Å². The molecule has 0 unspecified atom stereocenters. The van der Waals surface area contributed by atoms with Crippen molar-refractivity contribution in [2.75, 3.05) is 7.11 Å². The molecule has 4 aromatic rings. The maximum atomic E-state index is 12.9. The second-order valence-electron chi connectivity index (χ2n) is 7.33. The standard InChI is InChI=1S/C27H23N3O2/c1-19-8-12-22(13-9-19)26-17-23(16-25(29-26)21-6-4-3-5-7-21)27(31)30-28-18-20-10-14-24(32-2)15-11-20/h3-18H,1-2H3,(H,30,31)/b28-18+. The number of aryl methyl sites for hydroxylation is 1. The predicted octanol–water partition coefficient (Wildman–Crippen LogP) is 5.50. The molecule has 0 saturated carbocycles. The number of rotatable bonds is 6. The van der Waals surface area contributed by atoms with Gasteiger partial charge in [0.25, 0.3) is 5.91 Å². The van der Waals surface area contributed by atoms with Gasteiger partial charge in [-0.2, -0.15) is 5.10 Å². The Balaban J connectivity index is 1.62. The van der Waals surface area contributed by atoms with Crippen LogP contribution in [0, 0.1) is 6.92 Å². The lowest BCUT2D eigenvalue weighted by Crippen LogP contribution is -2.18. The minimum Gasteiger partial charge on any atom is -0.497 e. The molecule has 0 radical (unpaired) electrons. The highest BCUT2D eigenvalue weighted by Gasteiger charge is 2.12. The summed E-state index contributed by atoms with van der Waals surface area (Å²) >= 11 is 0. The summed E-state index contributed by atoms with van der Waals surface area (Å²) in [4.78, 5) is 17.7. The van der Waals surface area contributed by atoms with Crippen molar-refractivity contribution in [3.05, 3.63) is 108 Å². The number of nitrogens with one attached hydrogen (secondary N) is 1. The first-order chi connectivity index (χ1) is 15.6. The van der Waals surface area contributed by atoms with Crippen molar-refractivity contribution in [1.29, 1.82) is 0 Å². The molecule has 0 atom stereocenters. The molecular formula is C27H23N3O2. The molecule has 1 amide bonds. The molecule has 0 aliphatic heterocycles. The zero-order valence-corrected chi connectivity index (χ0v) is 17.9. The molecule has 1 N–H and O–H groups in total. The highest BCUT2D eigenvalue weighted by atomic mass is 16.5. The molecular weight excluding hydrogens is 398 g/mol. The van der Waals surface area contributed by atoms with E-state index in [1.807, 2.05) is 85.8 Å². The van der Waals surface area contributed by atoms with Crippen LogP contribution in [0.15, 0.2) is 96.1 Å². The fourth-order valence-electron chi connectivity index (χ4n) is 3.21. The number of ether oxygens (including phenoxy) is 1. The molecule has 0 aliphatic carbocycles. The lowest BCUT2D eigenvalue weighted by molar-refractivity contribution is 0.0955. The van der Waals surface area contributed by atoms with Crippen LogP contribution in [0.1, 0.15) is 21.5 Å². The van der Waals surface area contributed by atoms with E-state index in [4.69, 9.17) is 9.72 Å². The summed E-state index contributed by atoms with van der Waals surface area (Å²) in [5, 5.41) is 4.10. The van der Waals surface area contributed by atoms with Crippen LogP contribution < -0.4 is 10.2 Å². The Morgan fingerprint density at radius 3 is 2.12 bits per heavy atom. The summed E-state index contributed by atoms with van der Waals surface area (Å²) in [6.07, 6.45) is 1.59. The van der Waals surface area contributed by atoms with E-state index in [1.54, 1.807) is 25.5 Å². The quantitative estimate of drug-likeness (QED) is 0.330. The molecule has 158 valence electrons. The largest absolute Gasteiger partial charge is 0.497 e. The van der Waals surface area contributed by atoms with Gasteiger partial charge in [-0.15, -0.1) is 0 Å². The Labute approximate surface area is 187 Å². The summed E-state index contributed by atoms with van der Waals surface area (Å²) in [5.41, 5.74) is 8.47. The van der Waals surface area contributed by atoms with Crippen LogP contribution >= 0.6 is 0 Å². The summed E-state index contributed by atoms with van der Waals surface area (Å²) < 4.78 is 5.15. The minimum absolute atomic E-state index is 0.303. The Kier molecular flexibility index (Phi) is 6.37. The number of aromatic nitrogens is 1. The fraction of sp³-hybridized carbons (Fsp3) is 0.0741. The molecule has 5 heteroatoms. The van der Waals surface area contributed by atoms with Gasteiger partial charge in [0.05, 0.1) is 24.7 Å². The Hall–Kier alpha value is -4.25. The van der Waals surface area contributed by atoms with Crippen LogP contribution in [-0.2, 0) is 0 Å². The minimum atomic E-state index is -0.303. The van der Waals surface area contributed by atoms with E-state index in [2.05, 4.69) is 10.5 Å². The molecule has 1 aromatic heterocycles. The summed E-state index contributed by atoms with van der Waals surface area (Å²) in [5.74, 6) is 0.461. The van der Waals surface area contributed by atoms with E-state index >= 15 is 0 Å². The summed E-state index contributed by atoms with van der Waals surface area (Å²) in [6.45, 7) is 2.04. The second kappa shape index (κ2) is 9.71. The molecule has 1 heterocycles. The number of methoxy groups -OCH3 is 1. The van der Waals surface area contributed by atoms with Gasteiger partial charge in [0.1, 0.15) is 5.75 Å². The fourth-order valence-corrected chi connectivity index (χ4v) is 3.21. The smallest absolute Gasteiger partial charge is 0.271 e. The Morgan fingerprint density at radius 1 is 0.875 bits per heavy atom. The molecule has 0 bridgehead atoms. The first-order valence-electron chi connectivity index (χ1n) is 10.2. The van der Waals surface area contributed by atoms with Crippen molar-refractivity contribution in [2.45, 2.75) is 6.92 Å². The third-order valence-electron chi connectivity index (χ3n) is 5.00. The van der Waals surface area contributed by atoms with Crippen LogP contribution in [0.25, 0.3) is 22.5 Å². The van der Waals surface area contributed by atoms with Crippen LogP contribution in [0.5, 0.6) is 5.75 Å². The highest BCUT2D eigenvalue weighted by Crippen LogP contribution is 2.25. The maximum Gasteiger partial charge on any atom is 0.271 e. The predicted molar refractivity (Wildman–Crippen MR) is 128 cm³/mol. The first kappa shape index (κ1) is 21.0. The number of hydrogen-bond donors (Lipinski definition) is 1. The van der Waals surface area contributed by atoms with Crippen LogP contribution in [0.4, 0.5) is 0 Å². The average Bonchev–Trinajstić information content (AvgIpc) is 2.85. The van der Waals surface area contributed by atoms with E-state index in [0.29, 0.717) is 5.56 Å². The third kappa shape index (κ3) is 5.08. The molecule has 32 heavy (non-hydrogen) atoms. The van der Waals surface area contributed by atoms with Gasteiger partial charge >= 0.3 is 0 Å². The summed E-state index contributed by atoms with van der Waals surface area (Å²) in [6, 6.07) is 28.9. The first-order valence-corrected chi connectivity index (χ1v) is 10.2. The second-order valence-corrected chi connectivity index (χ2v) is 7.33. The molecule has 0 fully saturated rings. The number of amides is 1. The monoisotopic (exact) mass is 421 g/mol. The van der Waals surface area contributed by atoms with Crippen molar-refractivity contribution in [3.63, 3.8) is 0 Å². The normalized spacial score (nSPS) is 10.8. The third-order valence-corrected chi connectivity index (χ3v) is 5.00. The van der Waals surface area contributed by atoms with Gasteiger partial charge in [0.2, 0.25) is 0 Å². The number of carbonyl (C=O) groups excluding carboxylic acids is 1. The Bertz CT molecular complexity index is 1230. The zero-order valence-electron chi connectivity index (χ0n) is 17.9. The molecule has 0 aliphatic rings. The van der Waals surface area contributed by atoms with Gasteiger partial charge in [0, 0.05) is 16.7 Å². The lowest BCUT2D eigenvalue weighted by Gasteiger charge is -2.09. The number of benzene rings is 3. The van der Waals surface area contributed by atoms with E-state index in [9.17, 15) is 4.79 Å². The van der Waals surface area contributed by atoms with Crippen molar-refractivity contribution in [3.8, 4) is 28.3 Å². The van der Waals surface area contributed by atoms with E-state index in [-0.39, 0.29) is 5.91 Å². The van der Waals surface area contributed by atoms with Gasteiger partial charge in [-0.25, -0.2) is 10.4 Å². The van der Waals surface area contributed by atoms with E-state index in [0.717, 1.165) is 33.8 Å². The topological polar surface area (TPSA) is 63.6 Å². The van der Waals surface area contributed by atoms with Crippen LogP contribution in [-0.4, -0.2) is 24.2 Å². The number of nitrogens with zero attached hydrogens (tertiary/aromatic N) is 2. The molecule has 0 spiro atoms. The molecule has 4 rings (SSSR count). The number of hydrazone groups is 1. The van der Waals surface area contributed by atoms with Crippen molar-refractivity contribution in [1.82, 2.24) is 10.4 Å². The molecule has 3 aromatic carbocycles. The van der Waals surface area contributed by atoms with Crippen molar-refractivity contribution < 1.29 is 9.53 Å². The van der Waals surface area contributed by atoms with Gasteiger partial charge in [-0.05, 0) is 48.9 Å². The number of hydrogen-bond acceptors (Lipinski definition) is 4. The summed E-state index contributed by atoms with van der Waals surface area (Å²) in [7, 11) is 1.62. The van der Waals surface area contributed by atoms with E-state index < -0.39 is 0 Å².